The Morgan fingerprint density at radius 1 is 1.08 bits per heavy atom. The first kappa shape index (κ1) is 15.5. The Morgan fingerprint density at radius 3 is 2.62 bits per heavy atom. The third-order valence-electron chi connectivity index (χ3n) is 5.81. The summed E-state index contributed by atoms with van der Waals surface area (Å²) in [5, 5.41) is 5.65. The Hall–Kier alpha value is -2.74. The van der Waals surface area contributed by atoms with Crippen LogP contribution in [0.2, 0.25) is 0 Å². The quantitative estimate of drug-likeness (QED) is 0.704. The van der Waals surface area contributed by atoms with E-state index in [1.165, 1.54) is 0 Å². The van der Waals surface area contributed by atoms with Gasteiger partial charge in [0.25, 0.3) is 11.8 Å². The van der Waals surface area contributed by atoms with Gasteiger partial charge in [-0.2, -0.15) is 0 Å². The predicted octanol–water partition coefficient (Wildman–Crippen LogP) is -0.362. The molecule has 2 bridgehead atoms. The summed E-state index contributed by atoms with van der Waals surface area (Å²) >= 11 is 0. The van der Waals surface area contributed by atoms with E-state index in [-0.39, 0.29) is 18.7 Å². The summed E-state index contributed by atoms with van der Waals surface area (Å²) in [6, 6.07) is 5.10. The number of carbonyl (C=O) groups is 4. The minimum absolute atomic E-state index is 0.123. The first-order valence-corrected chi connectivity index (χ1v) is 8.89. The standard InChI is InChI=1S/C18H18N4O4/c23-14-5-4-13(16(24)20-14)22-17(25)11-2-1-3-12(15(11)18(22)26)21-8-9-6-10(21)7-19-9/h1-3,9-10,13,19H,4-8H2,(H,20,23,24). The van der Waals surface area contributed by atoms with Crippen molar-refractivity contribution in [3.8, 4) is 0 Å². The number of imide groups is 2. The molecule has 3 unspecified atom stereocenters. The number of hydrogen-bond donors (Lipinski definition) is 2. The van der Waals surface area contributed by atoms with Crippen molar-refractivity contribution < 1.29 is 19.2 Å². The van der Waals surface area contributed by atoms with E-state index in [1.807, 2.05) is 6.07 Å². The smallest absolute Gasteiger partial charge is 0.264 e. The zero-order chi connectivity index (χ0) is 18.0. The van der Waals surface area contributed by atoms with Crippen molar-refractivity contribution in [1.82, 2.24) is 15.5 Å². The van der Waals surface area contributed by atoms with Crippen LogP contribution in [-0.4, -0.2) is 59.7 Å². The second-order valence-electron chi connectivity index (χ2n) is 7.29. The van der Waals surface area contributed by atoms with Crippen LogP contribution in [0.3, 0.4) is 0 Å². The third-order valence-corrected chi connectivity index (χ3v) is 5.81. The van der Waals surface area contributed by atoms with Gasteiger partial charge in [-0.25, -0.2) is 0 Å². The maximum atomic E-state index is 13.1. The fourth-order valence-electron chi connectivity index (χ4n) is 4.59. The minimum Gasteiger partial charge on any atom is -0.365 e. The van der Waals surface area contributed by atoms with Crippen molar-refractivity contribution in [2.45, 2.75) is 37.4 Å². The summed E-state index contributed by atoms with van der Waals surface area (Å²) in [4.78, 5) is 52.8. The highest BCUT2D eigenvalue weighted by atomic mass is 16.2. The minimum atomic E-state index is -0.926. The number of benzene rings is 1. The molecular weight excluding hydrogens is 336 g/mol. The van der Waals surface area contributed by atoms with E-state index >= 15 is 0 Å². The molecule has 8 heteroatoms. The molecule has 0 spiro atoms. The van der Waals surface area contributed by atoms with Crippen LogP contribution < -0.4 is 15.5 Å². The Bertz CT molecular complexity index is 867. The lowest BCUT2D eigenvalue weighted by atomic mass is 10.0. The molecule has 4 amide bonds. The van der Waals surface area contributed by atoms with Crippen LogP contribution in [0.1, 0.15) is 40.0 Å². The summed E-state index contributed by atoms with van der Waals surface area (Å²) in [7, 11) is 0. The van der Waals surface area contributed by atoms with E-state index in [0.29, 0.717) is 23.2 Å². The van der Waals surface area contributed by atoms with Crippen molar-refractivity contribution in [1.29, 1.82) is 0 Å². The summed E-state index contributed by atoms with van der Waals surface area (Å²) in [6.45, 7) is 1.67. The third kappa shape index (κ3) is 2.05. The van der Waals surface area contributed by atoms with Gasteiger partial charge in [-0.3, -0.25) is 29.4 Å². The molecule has 3 atom stereocenters. The van der Waals surface area contributed by atoms with Gasteiger partial charge in [0, 0.05) is 31.6 Å². The molecule has 4 aliphatic heterocycles. The van der Waals surface area contributed by atoms with E-state index in [1.54, 1.807) is 12.1 Å². The number of anilines is 1. The van der Waals surface area contributed by atoms with Crippen LogP contribution in [0, 0.1) is 0 Å². The molecule has 4 aliphatic rings. The Balaban J connectivity index is 1.52. The second kappa shape index (κ2) is 5.38. The van der Waals surface area contributed by atoms with Crippen LogP contribution in [0.5, 0.6) is 0 Å². The van der Waals surface area contributed by atoms with Crippen LogP contribution in [0.15, 0.2) is 18.2 Å². The normalized spacial score (nSPS) is 30.2. The van der Waals surface area contributed by atoms with Crippen LogP contribution in [0.25, 0.3) is 0 Å². The molecule has 4 heterocycles. The predicted molar refractivity (Wildman–Crippen MR) is 90.7 cm³/mol. The first-order chi connectivity index (χ1) is 12.5. The lowest BCUT2D eigenvalue weighted by Crippen LogP contribution is -2.54. The average molecular weight is 354 g/mol. The van der Waals surface area contributed by atoms with Gasteiger partial charge >= 0.3 is 0 Å². The molecule has 0 aromatic heterocycles. The molecule has 8 nitrogen and oxygen atoms in total. The van der Waals surface area contributed by atoms with E-state index in [9.17, 15) is 19.2 Å². The van der Waals surface area contributed by atoms with Crippen molar-refractivity contribution in [3.05, 3.63) is 29.3 Å². The Morgan fingerprint density at radius 2 is 1.92 bits per heavy atom. The Kier molecular flexibility index (Phi) is 3.21. The number of piperazine rings is 1. The van der Waals surface area contributed by atoms with Gasteiger partial charge in [-0.15, -0.1) is 0 Å². The highest BCUT2D eigenvalue weighted by Crippen LogP contribution is 2.38. The maximum Gasteiger partial charge on any atom is 0.264 e. The van der Waals surface area contributed by atoms with Gasteiger partial charge in [0.05, 0.1) is 16.8 Å². The molecule has 0 radical (unpaired) electrons. The van der Waals surface area contributed by atoms with Crippen molar-refractivity contribution in [2.75, 3.05) is 18.0 Å². The lowest BCUT2D eigenvalue weighted by Gasteiger charge is -2.31. The van der Waals surface area contributed by atoms with Gasteiger partial charge in [-0.1, -0.05) is 6.07 Å². The lowest BCUT2D eigenvalue weighted by molar-refractivity contribution is -0.136. The molecule has 3 saturated heterocycles. The topological polar surface area (TPSA) is 98.8 Å². The summed E-state index contributed by atoms with van der Waals surface area (Å²) in [5.74, 6) is -1.85. The fraction of sp³-hybridized carbons (Fsp3) is 0.444. The summed E-state index contributed by atoms with van der Waals surface area (Å²) in [5.41, 5.74) is 1.49. The number of nitrogens with zero attached hydrogens (tertiary/aromatic N) is 2. The molecule has 5 rings (SSSR count). The monoisotopic (exact) mass is 354 g/mol. The average Bonchev–Trinajstić information content (AvgIpc) is 3.31. The SMILES string of the molecule is O=C1CCC(N2C(=O)c3cccc(N4CC5CC4CN5)c3C2=O)C(=O)N1. The molecule has 1 aromatic rings. The van der Waals surface area contributed by atoms with Crippen LogP contribution >= 0.6 is 0 Å². The Labute approximate surface area is 149 Å². The number of nitrogens with one attached hydrogen (secondary N) is 2. The molecule has 2 N–H and O–H groups in total. The number of hydrogen-bond acceptors (Lipinski definition) is 6. The van der Waals surface area contributed by atoms with Gasteiger partial charge in [-0.05, 0) is 25.0 Å². The first-order valence-electron chi connectivity index (χ1n) is 8.89. The zero-order valence-electron chi connectivity index (χ0n) is 14.0. The van der Waals surface area contributed by atoms with E-state index in [0.717, 1.165) is 30.1 Å². The zero-order valence-corrected chi connectivity index (χ0v) is 14.0. The van der Waals surface area contributed by atoms with Gasteiger partial charge in [0.15, 0.2) is 0 Å². The van der Waals surface area contributed by atoms with Gasteiger partial charge in [0.1, 0.15) is 6.04 Å². The number of rotatable bonds is 2. The van der Waals surface area contributed by atoms with E-state index < -0.39 is 23.8 Å². The molecule has 0 saturated carbocycles. The number of fused-ring (bicyclic) bond motifs is 3. The molecular formula is C18H18N4O4. The largest absolute Gasteiger partial charge is 0.365 e. The van der Waals surface area contributed by atoms with Gasteiger partial charge in [0.2, 0.25) is 11.8 Å². The fourth-order valence-corrected chi connectivity index (χ4v) is 4.59. The second-order valence-corrected chi connectivity index (χ2v) is 7.29. The highest BCUT2D eigenvalue weighted by Gasteiger charge is 2.47. The van der Waals surface area contributed by atoms with Gasteiger partial charge < -0.3 is 10.2 Å². The molecule has 1 aromatic carbocycles. The summed E-state index contributed by atoms with van der Waals surface area (Å²) < 4.78 is 0. The maximum absolute atomic E-state index is 13.1. The number of piperidine rings is 1. The van der Waals surface area contributed by atoms with E-state index in [4.69, 9.17) is 0 Å². The van der Waals surface area contributed by atoms with Crippen LogP contribution in [-0.2, 0) is 9.59 Å². The van der Waals surface area contributed by atoms with Crippen molar-refractivity contribution >= 4 is 29.3 Å². The van der Waals surface area contributed by atoms with E-state index in [2.05, 4.69) is 15.5 Å². The number of carbonyl (C=O) groups excluding carboxylic acids is 4. The van der Waals surface area contributed by atoms with Crippen LogP contribution in [0.4, 0.5) is 5.69 Å². The van der Waals surface area contributed by atoms with Crippen molar-refractivity contribution in [2.24, 2.45) is 0 Å². The summed E-state index contributed by atoms with van der Waals surface area (Å²) in [6.07, 6.45) is 1.32. The van der Waals surface area contributed by atoms with Crippen molar-refractivity contribution in [3.63, 3.8) is 0 Å². The number of amides is 4. The molecule has 26 heavy (non-hydrogen) atoms. The molecule has 0 aliphatic carbocycles. The molecule has 3 fully saturated rings. The highest BCUT2D eigenvalue weighted by molar-refractivity contribution is 6.25. The molecule has 134 valence electrons.